The molecule has 2 heterocycles. The molecule has 0 aliphatic carbocycles. The Morgan fingerprint density at radius 2 is 1.80 bits per heavy atom. The summed E-state index contributed by atoms with van der Waals surface area (Å²) in [7, 11) is 2.92. The highest BCUT2D eigenvalue weighted by Gasteiger charge is 2.21. The van der Waals surface area contributed by atoms with E-state index in [1.54, 1.807) is 0 Å². The first-order chi connectivity index (χ1) is 9.72. The fraction of sp³-hybridized carbons (Fsp3) is 0.667. The van der Waals surface area contributed by atoms with E-state index in [4.69, 9.17) is 14.2 Å². The summed E-state index contributed by atoms with van der Waals surface area (Å²) in [5.74, 6) is 0.384. The van der Waals surface area contributed by atoms with Crippen molar-refractivity contribution in [3.05, 3.63) is 5.82 Å². The SMILES string of the molecule is COc1nc(CNC(=O)C2CCOCC2)nc(OC)n1. The topological polar surface area (TPSA) is 95.5 Å². The number of hydrogen-bond acceptors (Lipinski definition) is 7. The second-order valence-electron chi connectivity index (χ2n) is 4.33. The van der Waals surface area contributed by atoms with Gasteiger partial charge in [-0.15, -0.1) is 4.98 Å². The van der Waals surface area contributed by atoms with E-state index in [-0.39, 0.29) is 30.4 Å². The Hall–Kier alpha value is -1.96. The smallest absolute Gasteiger partial charge is 0.322 e. The molecule has 1 saturated heterocycles. The van der Waals surface area contributed by atoms with E-state index >= 15 is 0 Å². The van der Waals surface area contributed by atoms with Crippen LogP contribution in [0.3, 0.4) is 0 Å². The normalized spacial score (nSPS) is 15.7. The van der Waals surface area contributed by atoms with Gasteiger partial charge in [-0.25, -0.2) is 0 Å². The van der Waals surface area contributed by atoms with Gasteiger partial charge in [0.15, 0.2) is 5.82 Å². The highest BCUT2D eigenvalue weighted by molar-refractivity contribution is 5.78. The van der Waals surface area contributed by atoms with Crippen molar-refractivity contribution in [2.75, 3.05) is 27.4 Å². The summed E-state index contributed by atoms with van der Waals surface area (Å²) in [6.07, 6.45) is 1.49. The summed E-state index contributed by atoms with van der Waals surface area (Å²) in [6, 6.07) is 0.319. The van der Waals surface area contributed by atoms with Gasteiger partial charge in [-0.2, -0.15) is 9.97 Å². The van der Waals surface area contributed by atoms with Gasteiger partial charge in [0.05, 0.1) is 20.8 Å². The Morgan fingerprint density at radius 3 is 2.35 bits per heavy atom. The second-order valence-corrected chi connectivity index (χ2v) is 4.33. The van der Waals surface area contributed by atoms with E-state index in [0.29, 0.717) is 19.0 Å². The Kier molecular flexibility index (Phi) is 5.05. The van der Waals surface area contributed by atoms with Gasteiger partial charge in [-0.1, -0.05) is 0 Å². The first-order valence-electron chi connectivity index (χ1n) is 6.41. The molecular weight excluding hydrogens is 264 g/mol. The van der Waals surface area contributed by atoms with Crippen LogP contribution < -0.4 is 14.8 Å². The third kappa shape index (κ3) is 3.77. The minimum atomic E-state index is -0.00774. The second kappa shape index (κ2) is 6.99. The number of ether oxygens (including phenoxy) is 3. The standard InChI is InChI=1S/C12H18N4O4/c1-18-11-14-9(15-12(16-11)19-2)7-13-10(17)8-3-5-20-6-4-8/h8H,3-7H2,1-2H3,(H,13,17). The maximum Gasteiger partial charge on any atom is 0.322 e. The summed E-state index contributed by atoms with van der Waals surface area (Å²) in [5, 5.41) is 2.81. The first-order valence-corrected chi connectivity index (χ1v) is 6.41. The van der Waals surface area contributed by atoms with Crippen molar-refractivity contribution in [2.45, 2.75) is 19.4 Å². The van der Waals surface area contributed by atoms with Crippen LogP contribution in [0.25, 0.3) is 0 Å². The summed E-state index contributed by atoms with van der Waals surface area (Å²) < 4.78 is 15.1. The van der Waals surface area contributed by atoms with Gasteiger partial charge < -0.3 is 19.5 Å². The van der Waals surface area contributed by atoms with Crippen molar-refractivity contribution >= 4 is 5.91 Å². The Bertz CT molecular complexity index is 441. The quantitative estimate of drug-likeness (QED) is 0.807. The number of nitrogens with zero attached hydrogens (tertiary/aromatic N) is 3. The molecular formula is C12H18N4O4. The summed E-state index contributed by atoms with van der Waals surface area (Å²) >= 11 is 0. The highest BCUT2D eigenvalue weighted by atomic mass is 16.5. The highest BCUT2D eigenvalue weighted by Crippen LogP contribution is 2.15. The van der Waals surface area contributed by atoms with Gasteiger partial charge in [0.2, 0.25) is 5.91 Å². The third-order valence-corrected chi connectivity index (χ3v) is 3.02. The molecule has 1 aliphatic heterocycles. The van der Waals surface area contributed by atoms with Gasteiger partial charge in [0.25, 0.3) is 0 Å². The summed E-state index contributed by atoms with van der Waals surface area (Å²) in [4.78, 5) is 24.0. The maximum atomic E-state index is 12.0. The van der Waals surface area contributed by atoms with Crippen LogP contribution in [0.1, 0.15) is 18.7 Å². The Balaban J connectivity index is 1.94. The van der Waals surface area contributed by atoms with Crippen LogP contribution in [0.15, 0.2) is 0 Å². The predicted molar refractivity (Wildman–Crippen MR) is 68.3 cm³/mol. The van der Waals surface area contributed by atoms with Crippen molar-refractivity contribution in [1.82, 2.24) is 20.3 Å². The van der Waals surface area contributed by atoms with Crippen molar-refractivity contribution in [3.8, 4) is 12.0 Å². The number of aromatic nitrogens is 3. The molecule has 1 N–H and O–H groups in total. The molecule has 0 atom stereocenters. The van der Waals surface area contributed by atoms with E-state index in [0.717, 1.165) is 12.8 Å². The molecule has 1 aromatic heterocycles. The number of methoxy groups -OCH3 is 2. The van der Waals surface area contributed by atoms with Crippen LogP contribution in [0.2, 0.25) is 0 Å². The van der Waals surface area contributed by atoms with Crippen LogP contribution in [0.5, 0.6) is 12.0 Å². The van der Waals surface area contributed by atoms with E-state index in [9.17, 15) is 4.79 Å². The van der Waals surface area contributed by atoms with Crippen LogP contribution in [0.4, 0.5) is 0 Å². The maximum absolute atomic E-state index is 12.0. The molecule has 0 bridgehead atoms. The van der Waals surface area contributed by atoms with Crippen LogP contribution in [-0.2, 0) is 16.1 Å². The molecule has 110 valence electrons. The van der Waals surface area contributed by atoms with Gasteiger partial charge in [0, 0.05) is 19.1 Å². The summed E-state index contributed by atoms with van der Waals surface area (Å²) in [6.45, 7) is 1.47. The lowest BCUT2D eigenvalue weighted by Gasteiger charge is -2.20. The molecule has 0 saturated carbocycles. The average Bonchev–Trinajstić information content (AvgIpc) is 2.53. The molecule has 0 radical (unpaired) electrons. The third-order valence-electron chi connectivity index (χ3n) is 3.02. The van der Waals surface area contributed by atoms with Gasteiger partial charge in [-0.3, -0.25) is 4.79 Å². The molecule has 1 aliphatic rings. The number of amides is 1. The number of rotatable bonds is 5. The van der Waals surface area contributed by atoms with Gasteiger partial charge in [0.1, 0.15) is 0 Å². The number of carbonyl (C=O) groups is 1. The van der Waals surface area contributed by atoms with Gasteiger partial charge >= 0.3 is 12.0 Å². The van der Waals surface area contributed by atoms with Crippen molar-refractivity contribution in [2.24, 2.45) is 5.92 Å². The van der Waals surface area contributed by atoms with E-state index < -0.39 is 0 Å². The minimum Gasteiger partial charge on any atom is -0.467 e. The van der Waals surface area contributed by atoms with E-state index in [2.05, 4.69) is 20.3 Å². The monoisotopic (exact) mass is 282 g/mol. The van der Waals surface area contributed by atoms with E-state index in [1.165, 1.54) is 14.2 Å². The van der Waals surface area contributed by atoms with Crippen molar-refractivity contribution in [1.29, 1.82) is 0 Å². The van der Waals surface area contributed by atoms with Crippen molar-refractivity contribution in [3.63, 3.8) is 0 Å². The zero-order valence-electron chi connectivity index (χ0n) is 11.6. The van der Waals surface area contributed by atoms with Crippen LogP contribution in [-0.4, -0.2) is 48.3 Å². The fourth-order valence-electron chi connectivity index (χ4n) is 1.91. The van der Waals surface area contributed by atoms with Gasteiger partial charge in [-0.05, 0) is 12.8 Å². The molecule has 1 amide bonds. The average molecular weight is 282 g/mol. The predicted octanol–water partition coefficient (Wildman–Crippen LogP) is -0.0684. The minimum absolute atomic E-state index is 0.00521. The zero-order valence-corrected chi connectivity index (χ0v) is 11.6. The van der Waals surface area contributed by atoms with Crippen molar-refractivity contribution < 1.29 is 19.0 Å². The number of carbonyl (C=O) groups excluding carboxylic acids is 1. The molecule has 1 aromatic rings. The fourth-order valence-corrected chi connectivity index (χ4v) is 1.91. The number of nitrogens with one attached hydrogen (secondary N) is 1. The lowest BCUT2D eigenvalue weighted by Crippen LogP contribution is -2.34. The Morgan fingerprint density at radius 1 is 1.20 bits per heavy atom. The largest absolute Gasteiger partial charge is 0.467 e. The van der Waals surface area contributed by atoms with E-state index in [1.807, 2.05) is 0 Å². The lowest BCUT2D eigenvalue weighted by atomic mass is 9.99. The molecule has 20 heavy (non-hydrogen) atoms. The molecule has 0 aromatic carbocycles. The molecule has 8 nitrogen and oxygen atoms in total. The van der Waals surface area contributed by atoms with Crippen LogP contribution in [0, 0.1) is 5.92 Å². The molecule has 0 unspecified atom stereocenters. The van der Waals surface area contributed by atoms with Crippen LogP contribution >= 0.6 is 0 Å². The molecule has 1 fully saturated rings. The molecule has 8 heteroatoms. The molecule has 0 spiro atoms. The number of hydrogen-bond donors (Lipinski definition) is 1. The Labute approximate surface area is 116 Å². The zero-order chi connectivity index (χ0) is 14.4. The first kappa shape index (κ1) is 14.4. The lowest BCUT2D eigenvalue weighted by molar-refractivity contribution is -0.128. The molecule has 2 rings (SSSR count). The summed E-state index contributed by atoms with van der Waals surface area (Å²) in [5.41, 5.74) is 0.